The molecule has 2 amide bonds. The van der Waals surface area contributed by atoms with E-state index in [0.717, 1.165) is 11.0 Å². The smallest absolute Gasteiger partial charge is 0.255 e. The van der Waals surface area contributed by atoms with E-state index in [1.807, 2.05) is 0 Å². The molecule has 2 aromatic carbocycles. The third-order valence-electron chi connectivity index (χ3n) is 3.05. The molecule has 7 heteroatoms. The highest BCUT2D eigenvalue weighted by Crippen LogP contribution is 2.32. The number of carbonyl (C=O) groups is 2. The molecule has 0 unspecified atom stereocenters. The van der Waals surface area contributed by atoms with Crippen molar-refractivity contribution in [1.82, 2.24) is 0 Å². The lowest BCUT2D eigenvalue weighted by molar-refractivity contribution is -0.113. The lowest BCUT2D eigenvalue weighted by Gasteiger charge is -2.17. The number of benzene rings is 2. The first-order valence-electron chi connectivity index (χ1n) is 6.36. The van der Waals surface area contributed by atoms with E-state index in [0.29, 0.717) is 17.0 Å². The lowest BCUT2D eigenvalue weighted by Crippen LogP contribution is -2.20. The van der Waals surface area contributed by atoms with Gasteiger partial charge >= 0.3 is 0 Å². The Kier molecular flexibility index (Phi) is 4.04. The van der Waals surface area contributed by atoms with E-state index in [4.69, 9.17) is 11.6 Å². The Morgan fingerprint density at radius 1 is 1.27 bits per heavy atom. The van der Waals surface area contributed by atoms with Crippen LogP contribution >= 0.6 is 23.4 Å². The van der Waals surface area contributed by atoms with Gasteiger partial charge in [-0.3, -0.25) is 9.59 Å². The van der Waals surface area contributed by atoms with Gasteiger partial charge in [-0.05, 0) is 36.4 Å². The van der Waals surface area contributed by atoms with E-state index in [1.165, 1.54) is 23.9 Å². The second kappa shape index (κ2) is 5.98. The van der Waals surface area contributed by atoms with Gasteiger partial charge in [0.1, 0.15) is 5.82 Å². The molecule has 0 atom stereocenters. The molecule has 1 heterocycles. The number of hydrogen-bond acceptors (Lipinski definition) is 3. The van der Waals surface area contributed by atoms with Crippen molar-refractivity contribution in [3.05, 3.63) is 52.8 Å². The molecule has 0 fully saturated rings. The monoisotopic (exact) mass is 336 g/mol. The van der Waals surface area contributed by atoms with Crippen LogP contribution in [0.15, 0.2) is 41.3 Å². The summed E-state index contributed by atoms with van der Waals surface area (Å²) in [6.07, 6.45) is 0. The molecule has 22 heavy (non-hydrogen) atoms. The SMILES string of the molecule is O=C1CSc2ccc(C(=O)Nc3ccc(Cl)cc3F)cc2N1. The Labute approximate surface area is 135 Å². The highest BCUT2D eigenvalue weighted by atomic mass is 35.5. The summed E-state index contributed by atoms with van der Waals surface area (Å²) in [5.41, 5.74) is 0.965. The van der Waals surface area contributed by atoms with Crippen LogP contribution in [0.2, 0.25) is 5.02 Å². The average Bonchev–Trinajstić information content (AvgIpc) is 2.49. The van der Waals surface area contributed by atoms with Crippen molar-refractivity contribution in [1.29, 1.82) is 0 Å². The summed E-state index contributed by atoms with van der Waals surface area (Å²) < 4.78 is 13.7. The first-order valence-corrected chi connectivity index (χ1v) is 7.72. The highest BCUT2D eigenvalue weighted by molar-refractivity contribution is 8.00. The third-order valence-corrected chi connectivity index (χ3v) is 4.36. The molecule has 0 radical (unpaired) electrons. The quantitative estimate of drug-likeness (QED) is 0.877. The molecular weight excluding hydrogens is 327 g/mol. The number of anilines is 2. The van der Waals surface area contributed by atoms with Crippen LogP contribution in [0.4, 0.5) is 15.8 Å². The summed E-state index contributed by atoms with van der Waals surface area (Å²) in [6, 6.07) is 8.97. The summed E-state index contributed by atoms with van der Waals surface area (Å²) >= 11 is 7.08. The van der Waals surface area contributed by atoms with Crippen LogP contribution in [0.5, 0.6) is 0 Å². The molecule has 112 valence electrons. The first-order chi connectivity index (χ1) is 10.5. The van der Waals surface area contributed by atoms with Crippen LogP contribution in [-0.4, -0.2) is 17.6 Å². The van der Waals surface area contributed by atoms with Gasteiger partial charge in [0.05, 0.1) is 17.1 Å². The fourth-order valence-electron chi connectivity index (χ4n) is 2.01. The molecule has 0 spiro atoms. The van der Waals surface area contributed by atoms with Gasteiger partial charge in [-0.15, -0.1) is 11.8 Å². The maximum Gasteiger partial charge on any atom is 0.255 e. The normalized spacial score (nSPS) is 13.3. The largest absolute Gasteiger partial charge is 0.324 e. The molecule has 0 aliphatic carbocycles. The molecule has 0 saturated heterocycles. The van der Waals surface area contributed by atoms with Crippen molar-refractivity contribution < 1.29 is 14.0 Å². The molecule has 0 aromatic heterocycles. The number of halogens is 2. The van der Waals surface area contributed by atoms with Gasteiger partial charge in [0, 0.05) is 15.5 Å². The maximum atomic E-state index is 13.7. The van der Waals surface area contributed by atoms with Crippen LogP contribution in [-0.2, 0) is 4.79 Å². The van der Waals surface area contributed by atoms with Crippen LogP contribution < -0.4 is 10.6 Å². The zero-order valence-corrected chi connectivity index (χ0v) is 12.7. The molecule has 2 N–H and O–H groups in total. The van der Waals surface area contributed by atoms with Crippen molar-refractivity contribution in [3.8, 4) is 0 Å². The Bertz CT molecular complexity index is 782. The van der Waals surface area contributed by atoms with Crippen molar-refractivity contribution >= 4 is 46.6 Å². The number of carbonyl (C=O) groups excluding carboxylic acids is 2. The van der Waals surface area contributed by atoms with Crippen LogP contribution in [0.1, 0.15) is 10.4 Å². The third kappa shape index (κ3) is 3.08. The van der Waals surface area contributed by atoms with Crippen molar-refractivity contribution in [2.45, 2.75) is 4.90 Å². The number of amides is 2. The molecule has 1 aliphatic rings. The minimum absolute atomic E-state index is 0.0468. The lowest BCUT2D eigenvalue weighted by atomic mass is 10.1. The van der Waals surface area contributed by atoms with E-state index in [9.17, 15) is 14.0 Å². The standard InChI is InChI=1S/C15H10ClFN2O2S/c16-9-2-3-11(10(17)6-9)19-15(21)8-1-4-13-12(5-8)18-14(20)7-22-13/h1-6H,7H2,(H,18,20)(H,19,21). The second-order valence-corrected chi connectivity index (χ2v) is 6.08. The van der Waals surface area contributed by atoms with E-state index in [1.54, 1.807) is 18.2 Å². The Hall–Kier alpha value is -2.05. The summed E-state index contributed by atoms with van der Waals surface area (Å²) in [7, 11) is 0. The summed E-state index contributed by atoms with van der Waals surface area (Å²) in [6.45, 7) is 0. The van der Waals surface area contributed by atoms with Crippen LogP contribution in [0.25, 0.3) is 0 Å². The van der Waals surface area contributed by atoms with E-state index >= 15 is 0 Å². The Morgan fingerprint density at radius 3 is 2.86 bits per heavy atom. The molecule has 0 saturated carbocycles. The number of hydrogen-bond donors (Lipinski definition) is 2. The summed E-state index contributed by atoms with van der Waals surface area (Å²) in [5.74, 6) is -0.829. The predicted molar refractivity (Wildman–Crippen MR) is 85.2 cm³/mol. The van der Waals surface area contributed by atoms with Gasteiger partial charge in [0.25, 0.3) is 5.91 Å². The summed E-state index contributed by atoms with van der Waals surface area (Å²) in [5, 5.41) is 5.44. The number of rotatable bonds is 2. The minimum atomic E-state index is -0.609. The number of thioether (sulfide) groups is 1. The van der Waals surface area contributed by atoms with E-state index in [2.05, 4.69) is 10.6 Å². The molecule has 3 rings (SSSR count). The number of nitrogens with one attached hydrogen (secondary N) is 2. The van der Waals surface area contributed by atoms with Crippen molar-refractivity contribution in [2.75, 3.05) is 16.4 Å². The molecule has 0 bridgehead atoms. The average molecular weight is 337 g/mol. The van der Waals surface area contributed by atoms with Gasteiger partial charge in [0.2, 0.25) is 5.91 Å². The van der Waals surface area contributed by atoms with Gasteiger partial charge in [0.15, 0.2) is 0 Å². The fourth-order valence-corrected chi connectivity index (χ4v) is 2.96. The van der Waals surface area contributed by atoms with Crippen LogP contribution in [0, 0.1) is 5.82 Å². The predicted octanol–water partition coefficient (Wildman–Crippen LogP) is 3.78. The van der Waals surface area contributed by atoms with Gasteiger partial charge in [-0.2, -0.15) is 0 Å². The molecule has 2 aromatic rings. The van der Waals surface area contributed by atoms with Crippen LogP contribution in [0.3, 0.4) is 0 Å². The molecule has 1 aliphatic heterocycles. The van der Waals surface area contributed by atoms with Gasteiger partial charge in [-0.25, -0.2) is 4.39 Å². The molecular formula is C15H10ClFN2O2S. The zero-order valence-electron chi connectivity index (χ0n) is 11.2. The second-order valence-electron chi connectivity index (χ2n) is 4.63. The topological polar surface area (TPSA) is 58.2 Å². The number of fused-ring (bicyclic) bond motifs is 1. The van der Waals surface area contributed by atoms with Gasteiger partial charge in [-0.1, -0.05) is 11.6 Å². The maximum absolute atomic E-state index is 13.7. The Balaban J connectivity index is 1.83. The van der Waals surface area contributed by atoms with Crippen molar-refractivity contribution in [2.24, 2.45) is 0 Å². The van der Waals surface area contributed by atoms with Gasteiger partial charge < -0.3 is 10.6 Å². The summed E-state index contributed by atoms with van der Waals surface area (Å²) in [4.78, 5) is 24.5. The zero-order chi connectivity index (χ0) is 15.7. The first kappa shape index (κ1) is 14.9. The van der Waals surface area contributed by atoms with E-state index in [-0.39, 0.29) is 16.6 Å². The Morgan fingerprint density at radius 2 is 2.09 bits per heavy atom. The molecule has 4 nitrogen and oxygen atoms in total. The van der Waals surface area contributed by atoms with Crippen molar-refractivity contribution in [3.63, 3.8) is 0 Å². The minimum Gasteiger partial charge on any atom is -0.324 e. The highest BCUT2D eigenvalue weighted by Gasteiger charge is 2.17. The fraction of sp³-hybridized carbons (Fsp3) is 0.0667. The van der Waals surface area contributed by atoms with E-state index < -0.39 is 11.7 Å².